The summed E-state index contributed by atoms with van der Waals surface area (Å²) in [6.07, 6.45) is 12.1. The monoisotopic (exact) mass is 461 g/mol. The molecule has 0 radical (unpaired) electrons. The van der Waals surface area contributed by atoms with Gasteiger partial charge in [-0.1, -0.05) is 64.7 Å². The summed E-state index contributed by atoms with van der Waals surface area (Å²) in [5, 5.41) is 9.29. The Kier molecular flexibility index (Phi) is 11.1. The van der Waals surface area contributed by atoms with Crippen LogP contribution in [0, 0.1) is 0 Å². The van der Waals surface area contributed by atoms with Gasteiger partial charge in [-0.15, -0.1) is 0 Å². The molecule has 0 aromatic heterocycles. The lowest BCUT2D eigenvalue weighted by atomic mass is 10.1. The van der Waals surface area contributed by atoms with Gasteiger partial charge in [0.15, 0.2) is 0 Å². The number of phenolic OH excluding ortho intramolecular Hbond substituents is 1. The van der Waals surface area contributed by atoms with E-state index in [9.17, 15) is 18.3 Å². The second kappa shape index (κ2) is 13.8. The number of carbonyl (C=O) groups is 1. The Morgan fingerprint density at radius 2 is 1.34 bits per heavy atom. The molecule has 7 heteroatoms. The first-order valence-electron chi connectivity index (χ1n) is 11.5. The van der Waals surface area contributed by atoms with Crippen LogP contribution in [0.2, 0.25) is 0 Å². The van der Waals surface area contributed by atoms with Gasteiger partial charge < -0.3 is 9.84 Å². The predicted molar refractivity (Wildman–Crippen MR) is 127 cm³/mol. The van der Waals surface area contributed by atoms with Crippen molar-refractivity contribution in [2.24, 2.45) is 0 Å². The van der Waals surface area contributed by atoms with E-state index in [2.05, 4.69) is 11.6 Å². The zero-order chi connectivity index (χ0) is 23.2. The Hall–Kier alpha value is -2.54. The highest BCUT2D eigenvalue weighted by atomic mass is 32.2. The number of aromatic hydroxyl groups is 1. The molecule has 0 saturated heterocycles. The normalized spacial score (nSPS) is 11.3. The third-order valence-corrected chi connectivity index (χ3v) is 6.65. The topological polar surface area (TPSA) is 92.7 Å². The van der Waals surface area contributed by atoms with E-state index in [1.807, 2.05) is 0 Å². The average molecular weight is 462 g/mol. The van der Waals surface area contributed by atoms with E-state index in [1.54, 1.807) is 0 Å². The van der Waals surface area contributed by atoms with Crippen molar-refractivity contribution in [3.05, 3.63) is 54.1 Å². The van der Waals surface area contributed by atoms with E-state index in [0.29, 0.717) is 17.9 Å². The predicted octanol–water partition coefficient (Wildman–Crippen LogP) is 6.27. The molecular formula is C25H35NO5S. The Balaban J connectivity index is 1.68. The molecule has 0 saturated carbocycles. The molecule has 176 valence electrons. The number of phenols is 1. The number of hydrogen-bond acceptors (Lipinski definition) is 5. The van der Waals surface area contributed by atoms with Crippen LogP contribution < -0.4 is 4.72 Å². The van der Waals surface area contributed by atoms with E-state index < -0.39 is 16.0 Å². The molecule has 0 fully saturated rings. The van der Waals surface area contributed by atoms with Gasteiger partial charge in [0.2, 0.25) is 0 Å². The summed E-state index contributed by atoms with van der Waals surface area (Å²) < 4.78 is 32.7. The molecule has 2 aromatic carbocycles. The van der Waals surface area contributed by atoms with E-state index in [1.165, 1.54) is 93.5 Å². The Morgan fingerprint density at radius 3 is 1.91 bits per heavy atom. The lowest BCUT2D eigenvalue weighted by molar-refractivity contribution is 0.0497. The third-order valence-electron chi connectivity index (χ3n) is 5.25. The van der Waals surface area contributed by atoms with Crippen LogP contribution in [-0.2, 0) is 14.8 Å². The minimum absolute atomic E-state index is 0.0387. The number of hydrogen-bond donors (Lipinski definition) is 2. The SMILES string of the molecule is CCCCCCCCCCCCOC(=O)c1ccc(S(=O)(=O)Nc2ccc(O)cc2)cc1. The first-order valence-corrected chi connectivity index (χ1v) is 13.0. The Morgan fingerprint density at radius 1 is 0.812 bits per heavy atom. The van der Waals surface area contributed by atoms with Crippen molar-refractivity contribution in [2.45, 2.75) is 76.0 Å². The number of ether oxygens (including phenoxy) is 1. The molecule has 0 atom stereocenters. The quantitative estimate of drug-likeness (QED) is 0.185. The highest BCUT2D eigenvalue weighted by Crippen LogP contribution is 2.19. The van der Waals surface area contributed by atoms with Crippen molar-refractivity contribution in [2.75, 3.05) is 11.3 Å². The minimum Gasteiger partial charge on any atom is -0.508 e. The van der Waals surface area contributed by atoms with Gasteiger partial charge in [0.25, 0.3) is 10.0 Å². The van der Waals surface area contributed by atoms with Crippen LogP contribution in [0.5, 0.6) is 5.75 Å². The fraction of sp³-hybridized carbons (Fsp3) is 0.480. The van der Waals surface area contributed by atoms with Crippen LogP contribution in [0.3, 0.4) is 0 Å². The molecule has 2 N–H and O–H groups in total. The van der Waals surface area contributed by atoms with Crippen LogP contribution in [0.4, 0.5) is 5.69 Å². The second-order valence-corrected chi connectivity index (χ2v) is 9.68. The lowest BCUT2D eigenvalue weighted by Crippen LogP contribution is -2.13. The van der Waals surface area contributed by atoms with E-state index in [4.69, 9.17) is 4.74 Å². The number of esters is 1. The molecule has 6 nitrogen and oxygen atoms in total. The summed E-state index contributed by atoms with van der Waals surface area (Å²) >= 11 is 0. The molecular weight excluding hydrogens is 426 g/mol. The minimum atomic E-state index is -3.79. The Bertz CT molecular complexity index is 908. The van der Waals surface area contributed by atoms with Gasteiger partial charge in [0, 0.05) is 5.69 Å². The van der Waals surface area contributed by atoms with Gasteiger partial charge in [-0.05, 0) is 55.0 Å². The molecule has 0 aliphatic rings. The summed E-state index contributed by atoms with van der Waals surface area (Å²) in [4.78, 5) is 12.2. The van der Waals surface area contributed by atoms with Gasteiger partial charge in [0.05, 0.1) is 17.1 Å². The summed E-state index contributed by atoms with van der Waals surface area (Å²) in [7, 11) is -3.79. The molecule has 0 bridgehead atoms. The molecule has 2 aromatic rings. The van der Waals surface area contributed by atoms with Crippen LogP contribution in [0.1, 0.15) is 81.5 Å². The number of nitrogens with one attached hydrogen (secondary N) is 1. The first kappa shape index (κ1) is 25.7. The van der Waals surface area contributed by atoms with Gasteiger partial charge >= 0.3 is 5.97 Å². The van der Waals surface area contributed by atoms with Crippen LogP contribution in [0.15, 0.2) is 53.4 Å². The molecule has 0 unspecified atom stereocenters. The Labute approximate surface area is 192 Å². The average Bonchev–Trinajstić information content (AvgIpc) is 2.79. The highest BCUT2D eigenvalue weighted by molar-refractivity contribution is 7.92. The van der Waals surface area contributed by atoms with Crippen molar-refractivity contribution in [1.29, 1.82) is 0 Å². The molecule has 0 heterocycles. The molecule has 32 heavy (non-hydrogen) atoms. The van der Waals surface area contributed by atoms with Crippen LogP contribution in [-0.4, -0.2) is 26.1 Å². The summed E-state index contributed by atoms with van der Waals surface area (Å²) in [6, 6.07) is 11.4. The van der Waals surface area contributed by atoms with Crippen molar-refractivity contribution < 1.29 is 23.1 Å². The number of anilines is 1. The number of unbranched alkanes of at least 4 members (excludes halogenated alkanes) is 9. The van der Waals surface area contributed by atoms with Crippen molar-refractivity contribution in [1.82, 2.24) is 0 Å². The van der Waals surface area contributed by atoms with E-state index in [-0.39, 0.29) is 10.6 Å². The largest absolute Gasteiger partial charge is 0.508 e. The number of carbonyl (C=O) groups excluding carboxylic acids is 1. The summed E-state index contributed by atoms with van der Waals surface area (Å²) in [6.45, 7) is 2.60. The van der Waals surface area contributed by atoms with Crippen molar-refractivity contribution >= 4 is 21.7 Å². The van der Waals surface area contributed by atoms with Gasteiger partial charge in [-0.25, -0.2) is 13.2 Å². The number of benzene rings is 2. The maximum Gasteiger partial charge on any atom is 0.338 e. The highest BCUT2D eigenvalue weighted by Gasteiger charge is 2.15. The third kappa shape index (κ3) is 9.30. The van der Waals surface area contributed by atoms with Crippen molar-refractivity contribution in [3.63, 3.8) is 0 Å². The maximum absolute atomic E-state index is 12.5. The first-order chi connectivity index (χ1) is 15.4. The molecule has 0 spiro atoms. The fourth-order valence-corrected chi connectivity index (χ4v) is 4.41. The number of sulfonamides is 1. The van der Waals surface area contributed by atoms with E-state index in [0.717, 1.165) is 19.3 Å². The van der Waals surface area contributed by atoms with Gasteiger partial charge in [0.1, 0.15) is 5.75 Å². The molecule has 2 rings (SSSR count). The van der Waals surface area contributed by atoms with Crippen LogP contribution in [0.25, 0.3) is 0 Å². The molecule has 0 aliphatic heterocycles. The molecule has 0 aliphatic carbocycles. The van der Waals surface area contributed by atoms with Gasteiger partial charge in [-0.3, -0.25) is 4.72 Å². The van der Waals surface area contributed by atoms with Crippen LogP contribution >= 0.6 is 0 Å². The molecule has 0 amide bonds. The zero-order valence-electron chi connectivity index (χ0n) is 18.9. The standard InChI is InChI=1S/C25H35NO5S/c1-2-3-4-5-6-7-8-9-10-11-20-31-25(28)21-12-18-24(19-13-21)32(29,30)26-22-14-16-23(27)17-15-22/h12-19,26-27H,2-11,20H2,1H3. The zero-order valence-corrected chi connectivity index (χ0v) is 19.7. The van der Waals surface area contributed by atoms with Crippen molar-refractivity contribution in [3.8, 4) is 5.75 Å². The summed E-state index contributed by atoms with van der Waals surface area (Å²) in [5.41, 5.74) is 0.656. The van der Waals surface area contributed by atoms with E-state index >= 15 is 0 Å². The maximum atomic E-state index is 12.5. The van der Waals surface area contributed by atoms with Gasteiger partial charge in [-0.2, -0.15) is 0 Å². The lowest BCUT2D eigenvalue weighted by Gasteiger charge is -2.09. The number of rotatable bonds is 15. The smallest absolute Gasteiger partial charge is 0.338 e. The fourth-order valence-electron chi connectivity index (χ4n) is 3.35. The summed E-state index contributed by atoms with van der Waals surface area (Å²) in [5.74, 6) is -0.398. The second-order valence-electron chi connectivity index (χ2n) is 7.99.